The lowest BCUT2D eigenvalue weighted by atomic mass is 9.96. The van der Waals surface area contributed by atoms with Gasteiger partial charge < -0.3 is 9.47 Å². The van der Waals surface area contributed by atoms with E-state index >= 15 is 0 Å². The largest absolute Gasteiger partial charge is 0.497 e. The fourth-order valence-corrected chi connectivity index (χ4v) is 5.40. The van der Waals surface area contributed by atoms with Gasteiger partial charge in [0.1, 0.15) is 5.75 Å². The Morgan fingerprint density at radius 2 is 1.89 bits per heavy atom. The van der Waals surface area contributed by atoms with Gasteiger partial charge in [0.05, 0.1) is 46.8 Å². The van der Waals surface area contributed by atoms with E-state index in [1.54, 1.807) is 31.6 Å². The molecule has 36 heavy (non-hydrogen) atoms. The van der Waals surface area contributed by atoms with E-state index in [2.05, 4.69) is 11.1 Å². The van der Waals surface area contributed by atoms with Crippen molar-refractivity contribution in [1.29, 1.82) is 0 Å². The Kier molecular flexibility index (Phi) is 6.28. The number of carbonyl (C=O) groups excluding carboxylic acids is 1. The fraction of sp³-hybridized carbons (Fsp3) is 0.214. The molecule has 1 aliphatic rings. The van der Waals surface area contributed by atoms with Gasteiger partial charge in [-0.1, -0.05) is 41.2 Å². The van der Waals surface area contributed by atoms with Crippen molar-refractivity contribution in [2.45, 2.75) is 26.8 Å². The molecule has 3 heterocycles. The molecule has 0 saturated carbocycles. The molecule has 0 N–H and O–H groups in total. The zero-order valence-corrected chi connectivity index (χ0v) is 21.3. The van der Waals surface area contributed by atoms with Crippen molar-refractivity contribution in [2.75, 3.05) is 13.7 Å². The highest BCUT2D eigenvalue weighted by molar-refractivity contribution is 7.07. The summed E-state index contributed by atoms with van der Waals surface area (Å²) in [7, 11) is 1.59. The molecular weight excluding hydrogens is 474 g/mol. The van der Waals surface area contributed by atoms with Crippen molar-refractivity contribution in [3.8, 4) is 5.75 Å². The van der Waals surface area contributed by atoms with Crippen LogP contribution in [0.15, 0.2) is 75.7 Å². The number of esters is 1. The zero-order valence-electron chi connectivity index (χ0n) is 20.4. The van der Waals surface area contributed by atoms with Gasteiger partial charge in [0, 0.05) is 5.39 Å². The lowest BCUT2D eigenvalue weighted by molar-refractivity contribution is -0.139. The molecule has 4 aromatic rings. The van der Waals surface area contributed by atoms with Crippen LogP contribution >= 0.6 is 11.3 Å². The number of rotatable bonds is 5. The molecule has 0 aliphatic carbocycles. The van der Waals surface area contributed by atoms with Gasteiger partial charge >= 0.3 is 5.97 Å². The minimum atomic E-state index is -0.666. The van der Waals surface area contributed by atoms with Gasteiger partial charge in [-0.25, -0.2) is 14.8 Å². The molecule has 0 amide bonds. The smallest absolute Gasteiger partial charge is 0.338 e. The van der Waals surface area contributed by atoms with Crippen LogP contribution in [0.5, 0.6) is 5.75 Å². The number of benzene rings is 2. The molecular formula is C28H25N3O4S. The molecule has 0 bridgehead atoms. The van der Waals surface area contributed by atoms with E-state index in [9.17, 15) is 9.59 Å². The van der Waals surface area contributed by atoms with Crippen LogP contribution in [0, 0.1) is 6.92 Å². The molecule has 182 valence electrons. The summed E-state index contributed by atoms with van der Waals surface area (Å²) < 4.78 is 12.7. The number of aryl methyl sites for hydroxylation is 1. The van der Waals surface area contributed by atoms with Crippen LogP contribution in [0.1, 0.15) is 36.7 Å². The van der Waals surface area contributed by atoms with Gasteiger partial charge in [0.2, 0.25) is 0 Å². The lowest BCUT2D eigenvalue weighted by Gasteiger charge is -2.24. The number of hydrogen-bond acceptors (Lipinski definition) is 7. The number of ether oxygens (including phenoxy) is 2. The maximum atomic E-state index is 13.7. The summed E-state index contributed by atoms with van der Waals surface area (Å²) in [6, 6.07) is 16.6. The van der Waals surface area contributed by atoms with E-state index in [0.29, 0.717) is 32.0 Å². The number of methoxy groups -OCH3 is 1. The van der Waals surface area contributed by atoms with Crippen LogP contribution in [0.4, 0.5) is 0 Å². The molecule has 1 aliphatic heterocycles. The van der Waals surface area contributed by atoms with Gasteiger partial charge in [-0.3, -0.25) is 9.36 Å². The first-order chi connectivity index (χ1) is 17.4. The Hall–Kier alpha value is -4.04. The lowest BCUT2D eigenvalue weighted by Crippen LogP contribution is -2.39. The third kappa shape index (κ3) is 4.24. The molecule has 2 aromatic heterocycles. The predicted molar refractivity (Wildman–Crippen MR) is 140 cm³/mol. The second-order valence-electron chi connectivity index (χ2n) is 8.51. The van der Waals surface area contributed by atoms with E-state index in [1.807, 2.05) is 55.5 Å². The van der Waals surface area contributed by atoms with E-state index in [0.717, 1.165) is 22.0 Å². The summed E-state index contributed by atoms with van der Waals surface area (Å²) in [5.41, 5.74) is 4.11. The van der Waals surface area contributed by atoms with E-state index in [-0.39, 0.29) is 12.2 Å². The number of aromatic nitrogens is 2. The van der Waals surface area contributed by atoms with Gasteiger partial charge in [0.15, 0.2) is 4.80 Å². The Labute approximate surface area is 211 Å². The fourth-order valence-electron chi connectivity index (χ4n) is 4.37. The monoisotopic (exact) mass is 499 g/mol. The maximum absolute atomic E-state index is 13.7. The molecule has 0 radical (unpaired) electrons. The Balaban J connectivity index is 1.68. The second-order valence-corrected chi connectivity index (χ2v) is 9.52. The van der Waals surface area contributed by atoms with Gasteiger partial charge in [-0.2, -0.15) is 0 Å². The Bertz CT molecular complexity index is 1700. The molecule has 0 saturated heterocycles. The summed E-state index contributed by atoms with van der Waals surface area (Å²) in [5.74, 6) is 0.197. The van der Waals surface area contributed by atoms with E-state index < -0.39 is 12.0 Å². The van der Waals surface area contributed by atoms with Gasteiger partial charge in [-0.05, 0) is 62.7 Å². The first kappa shape index (κ1) is 23.7. The molecule has 0 spiro atoms. The van der Waals surface area contributed by atoms with Gasteiger partial charge in [0.25, 0.3) is 5.56 Å². The quantitative estimate of drug-likeness (QED) is 0.392. The number of allylic oxidation sites excluding steroid dienone is 1. The topological polar surface area (TPSA) is 82.8 Å². The minimum Gasteiger partial charge on any atom is -0.497 e. The van der Waals surface area contributed by atoms with Gasteiger partial charge in [-0.15, -0.1) is 0 Å². The third-order valence-electron chi connectivity index (χ3n) is 6.09. The highest BCUT2D eigenvalue weighted by atomic mass is 32.1. The average Bonchev–Trinajstić information content (AvgIpc) is 3.17. The van der Waals surface area contributed by atoms with Crippen molar-refractivity contribution >= 4 is 34.3 Å². The van der Waals surface area contributed by atoms with Crippen LogP contribution in [0.2, 0.25) is 0 Å². The van der Waals surface area contributed by atoms with Crippen molar-refractivity contribution in [3.05, 3.63) is 102 Å². The average molecular weight is 500 g/mol. The van der Waals surface area contributed by atoms with E-state index in [1.165, 1.54) is 11.3 Å². The van der Waals surface area contributed by atoms with Crippen molar-refractivity contribution in [3.63, 3.8) is 0 Å². The standard InChI is InChI=1S/C28H25N3O4S/c1-5-35-27(33)24-17(3)29-28-31(25(24)18-8-11-21(34-4)12-9-18)26(32)23(36-28)15-20-10-7-19-14-16(2)6-13-22(19)30-20/h6-15,25H,5H2,1-4H3. The minimum absolute atomic E-state index is 0.225. The second kappa shape index (κ2) is 9.54. The van der Waals surface area contributed by atoms with Crippen LogP contribution in [0.25, 0.3) is 17.0 Å². The van der Waals surface area contributed by atoms with Crippen LogP contribution in [-0.4, -0.2) is 29.2 Å². The highest BCUT2D eigenvalue weighted by Crippen LogP contribution is 2.31. The first-order valence-corrected chi connectivity index (χ1v) is 12.4. The zero-order chi connectivity index (χ0) is 25.4. The Morgan fingerprint density at radius 3 is 2.61 bits per heavy atom. The summed E-state index contributed by atoms with van der Waals surface area (Å²) in [4.78, 5) is 36.6. The number of pyridine rings is 1. The summed E-state index contributed by atoms with van der Waals surface area (Å²) in [6.07, 6.45) is 1.78. The Morgan fingerprint density at radius 1 is 1.11 bits per heavy atom. The summed E-state index contributed by atoms with van der Waals surface area (Å²) in [5, 5.41) is 1.04. The third-order valence-corrected chi connectivity index (χ3v) is 7.08. The maximum Gasteiger partial charge on any atom is 0.338 e. The number of carbonyl (C=O) groups is 1. The van der Waals surface area contributed by atoms with E-state index in [4.69, 9.17) is 14.5 Å². The SMILES string of the molecule is CCOC(=O)C1=C(C)N=c2sc(=Cc3ccc4cc(C)ccc4n3)c(=O)n2C1c1ccc(OC)cc1. The summed E-state index contributed by atoms with van der Waals surface area (Å²) >= 11 is 1.28. The molecule has 8 heteroatoms. The van der Waals surface area contributed by atoms with Crippen molar-refractivity contribution in [2.24, 2.45) is 4.99 Å². The number of nitrogens with zero attached hydrogens (tertiary/aromatic N) is 3. The number of hydrogen-bond donors (Lipinski definition) is 0. The first-order valence-electron chi connectivity index (χ1n) is 11.6. The molecule has 1 unspecified atom stereocenters. The normalized spacial score (nSPS) is 15.6. The van der Waals surface area contributed by atoms with Crippen LogP contribution in [-0.2, 0) is 9.53 Å². The van der Waals surface area contributed by atoms with Crippen molar-refractivity contribution in [1.82, 2.24) is 9.55 Å². The van der Waals surface area contributed by atoms with Crippen LogP contribution in [0.3, 0.4) is 0 Å². The summed E-state index contributed by atoms with van der Waals surface area (Å²) in [6.45, 7) is 5.79. The molecule has 7 nitrogen and oxygen atoms in total. The molecule has 0 fully saturated rings. The molecule has 5 rings (SSSR count). The predicted octanol–water partition coefficient (Wildman–Crippen LogP) is 3.66. The molecule has 2 aromatic carbocycles. The van der Waals surface area contributed by atoms with Crippen LogP contribution < -0.4 is 19.6 Å². The number of thiazole rings is 1. The number of fused-ring (bicyclic) bond motifs is 2. The van der Waals surface area contributed by atoms with Crippen molar-refractivity contribution < 1.29 is 14.3 Å². The molecule has 1 atom stereocenters. The highest BCUT2D eigenvalue weighted by Gasteiger charge is 2.33.